The first kappa shape index (κ1) is 5.52. The molecule has 0 radical (unpaired) electrons. The van der Waals surface area contributed by atoms with Gasteiger partial charge in [-0.15, -0.1) is 0 Å². The van der Waals surface area contributed by atoms with Crippen molar-refractivity contribution in [2.75, 3.05) is 0 Å². The van der Waals surface area contributed by atoms with Gasteiger partial charge in [0.25, 0.3) is 0 Å². The second-order valence-electron chi connectivity index (χ2n) is 3.59. The zero-order valence-electron chi connectivity index (χ0n) is 5.90. The number of allylic oxidation sites excluding steroid dienone is 1. The van der Waals surface area contributed by atoms with Crippen LogP contribution in [-0.4, -0.2) is 0 Å². The molecule has 0 aromatic rings. The largest absolute Gasteiger partial charge is 0.0996 e. The summed E-state index contributed by atoms with van der Waals surface area (Å²) in [7, 11) is 0. The molecule has 0 aliphatic heterocycles. The standard InChI is InChI=1S/C9H14/c1-7-5-8-3-2-4-9(7)6-8/h8-9H,1-6H2/t8-,9-/m0/s1. The van der Waals surface area contributed by atoms with Crippen molar-refractivity contribution in [3.8, 4) is 0 Å². The third-order valence-electron chi connectivity index (χ3n) is 2.91. The molecule has 0 heteroatoms. The van der Waals surface area contributed by atoms with Gasteiger partial charge in [-0.25, -0.2) is 0 Å². The first-order valence-electron chi connectivity index (χ1n) is 4.04. The molecule has 2 bridgehead atoms. The van der Waals surface area contributed by atoms with Crippen LogP contribution in [0.4, 0.5) is 0 Å². The summed E-state index contributed by atoms with van der Waals surface area (Å²) in [5, 5.41) is 0. The number of hydrogen-bond acceptors (Lipinski definition) is 0. The van der Waals surface area contributed by atoms with E-state index in [0.717, 1.165) is 11.8 Å². The highest BCUT2D eigenvalue weighted by atomic mass is 14.4. The smallest absolute Gasteiger partial charge is 0.0203 e. The highest BCUT2D eigenvalue weighted by Gasteiger charge is 2.30. The van der Waals surface area contributed by atoms with Gasteiger partial charge in [0, 0.05) is 0 Å². The summed E-state index contributed by atoms with van der Waals surface area (Å²) < 4.78 is 0. The lowest BCUT2D eigenvalue weighted by Crippen LogP contribution is -2.04. The van der Waals surface area contributed by atoms with Crippen molar-refractivity contribution in [1.29, 1.82) is 0 Å². The molecule has 2 saturated carbocycles. The molecule has 0 aromatic heterocycles. The van der Waals surface area contributed by atoms with Gasteiger partial charge in [0.1, 0.15) is 0 Å². The minimum Gasteiger partial charge on any atom is -0.0996 e. The molecule has 50 valence electrons. The van der Waals surface area contributed by atoms with Crippen molar-refractivity contribution in [2.24, 2.45) is 11.8 Å². The van der Waals surface area contributed by atoms with E-state index in [-0.39, 0.29) is 0 Å². The van der Waals surface area contributed by atoms with Crippen molar-refractivity contribution in [2.45, 2.75) is 32.1 Å². The van der Waals surface area contributed by atoms with E-state index < -0.39 is 0 Å². The normalized spacial score (nSPS) is 41.6. The maximum atomic E-state index is 4.10. The summed E-state index contributed by atoms with van der Waals surface area (Å²) in [6.45, 7) is 4.10. The van der Waals surface area contributed by atoms with Crippen LogP contribution in [0.25, 0.3) is 0 Å². The summed E-state index contributed by atoms with van der Waals surface area (Å²) in [5.41, 5.74) is 1.55. The van der Waals surface area contributed by atoms with Crippen LogP contribution in [0.1, 0.15) is 32.1 Å². The van der Waals surface area contributed by atoms with Gasteiger partial charge in [-0.2, -0.15) is 0 Å². The molecule has 9 heavy (non-hydrogen) atoms. The summed E-state index contributed by atoms with van der Waals surface area (Å²) in [5.74, 6) is 1.97. The topological polar surface area (TPSA) is 0 Å². The van der Waals surface area contributed by atoms with Crippen molar-refractivity contribution < 1.29 is 0 Å². The molecule has 0 heterocycles. The zero-order valence-corrected chi connectivity index (χ0v) is 5.90. The number of rotatable bonds is 0. The van der Waals surface area contributed by atoms with Crippen molar-refractivity contribution >= 4 is 0 Å². The molecule has 0 nitrogen and oxygen atoms in total. The van der Waals surface area contributed by atoms with E-state index >= 15 is 0 Å². The summed E-state index contributed by atoms with van der Waals surface area (Å²) in [6, 6.07) is 0. The Balaban J connectivity index is 2.15. The molecule has 0 saturated heterocycles. The fourth-order valence-electron chi connectivity index (χ4n) is 2.38. The minimum atomic E-state index is 0.934. The monoisotopic (exact) mass is 122 g/mol. The lowest BCUT2D eigenvalue weighted by Gasteiger charge is -2.16. The quantitative estimate of drug-likeness (QED) is 0.433. The second kappa shape index (κ2) is 1.86. The third kappa shape index (κ3) is 0.810. The van der Waals surface area contributed by atoms with Crippen LogP contribution >= 0.6 is 0 Å². The van der Waals surface area contributed by atoms with E-state index in [2.05, 4.69) is 6.58 Å². The Kier molecular flexibility index (Phi) is 1.14. The van der Waals surface area contributed by atoms with Gasteiger partial charge < -0.3 is 0 Å². The average molecular weight is 122 g/mol. The van der Waals surface area contributed by atoms with E-state index in [0.29, 0.717) is 0 Å². The molecule has 0 spiro atoms. The average Bonchev–Trinajstić information content (AvgIpc) is 2.09. The molecular weight excluding hydrogens is 108 g/mol. The maximum absolute atomic E-state index is 4.10. The predicted molar refractivity (Wildman–Crippen MR) is 39.2 cm³/mol. The van der Waals surface area contributed by atoms with Crippen LogP contribution in [-0.2, 0) is 0 Å². The van der Waals surface area contributed by atoms with Crippen LogP contribution in [0.2, 0.25) is 0 Å². The van der Waals surface area contributed by atoms with Gasteiger partial charge in [-0.05, 0) is 31.1 Å². The summed E-state index contributed by atoms with van der Waals surface area (Å²) in [6.07, 6.45) is 7.21. The number of hydrogen-bond donors (Lipinski definition) is 0. The third-order valence-corrected chi connectivity index (χ3v) is 2.91. The Morgan fingerprint density at radius 3 is 2.89 bits per heavy atom. The Morgan fingerprint density at radius 2 is 2.22 bits per heavy atom. The molecule has 2 atom stereocenters. The molecule has 0 unspecified atom stereocenters. The molecule has 0 aromatic carbocycles. The molecule has 2 rings (SSSR count). The fourth-order valence-corrected chi connectivity index (χ4v) is 2.38. The van der Waals surface area contributed by atoms with Crippen molar-refractivity contribution in [3.05, 3.63) is 12.2 Å². The van der Waals surface area contributed by atoms with Crippen LogP contribution in [0.15, 0.2) is 12.2 Å². The van der Waals surface area contributed by atoms with Gasteiger partial charge in [0.15, 0.2) is 0 Å². The number of fused-ring (bicyclic) bond motifs is 2. The van der Waals surface area contributed by atoms with E-state index in [1.165, 1.54) is 32.1 Å². The first-order chi connectivity index (χ1) is 4.36. The Hall–Kier alpha value is -0.260. The summed E-state index contributed by atoms with van der Waals surface area (Å²) in [4.78, 5) is 0. The van der Waals surface area contributed by atoms with Crippen LogP contribution < -0.4 is 0 Å². The lowest BCUT2D eigenvalue weighted by molar-refractivity contribution is 0.368. The van der Waals surface area contributed by atoms with E-state index in [1.54, 1.807) is 5.57 Å². The Morgan fingerprint density at radius 1 is 1.33 bits per heavy atom. The van der Waals surface area contributed by atoms with Crippen LogP contribution in [0, 0.1) is 11.8 Å². The molecule has 0 amide bonds. The van der Waals surface area contributed by atoms with E-state index in [9.17, 15) is 0 Å². The molecule has 0 N–H and O–H groups in total. The molecule has 2 aliphatic rings. The maximum Gasteiger partial charge on any atom is -0.0203 e. The second-order valence-corrected chi connectivity index (χ2v) is 3.59. The van der Waals surface area contributed by atoms with E-state index in [4.69, 9.17) is 0 Å². The molecule has 2 aliphatic carbocycles. The molecular formula is C9H14. The van der Waals surface area contributed by atoms with Crippen LogP contribution in [0.5, 0.6) is 0 Å². The van der Waals surface area contributed by atoms with Crippen LogP contribution in [0.3, 0.4) is 0 Å². The van der Waals surface area contributed by atoms with E-state index in [1.807, 2.05) is 0 Å². The Bertz CT molecular complexity index is 135. The predicted octanol–water partition coefficient (Wildman–Crippen LogP) is 2.75. The lowest BCUT2D eigenvalue weighted by atomic mass is 9.89. The Labute approximate surface area is 57.0 Å². The fraction of sp³-hybridized carbons (Fsp3) is 0.778. The van der Waals surface area contributed by atoms with Gasteiger partial charge >= 0.3 is 0 Å². The van der Waals surface area contributed by atoms with Gasteiger partial charge in [-0.1, -0.05) is 25.0 Å². The van der Waals surface area contributed by atoms with Gasteiger partial charge in [0.05, 0.1) is 0 Å². The summed E-state index contributed by atoms with van der Waals surface area (Å²) >= 11 is 0. The highest BCUT2D eigenvalue weighted by molar-refractivity contribution is 5.10. The van der Waals surface area contributed by atoms with Gasteiger partial charge in [-0.3, -0.25) is 0 Å². The highest BCUT2D eigenvalue weighted by Crippen LogP contribution is 2.44. The van der Waals surface area contributed by atoms with Gasteiger partial charge in [0.2, 0.25) is 0 Å². The van der Waals surface area contributed by atoms with Crippen molar-refractivity contribution in [1.82, 2.24) is 0 Å². The minimum absolute atomic E-state index is 0.934. The van der Waals surface area contributed by atoms with Crippen molar-refractivity contribution in [3.63, 3.8) is 0 Å². The first-order valence-corrected chi connectivity index (χ1v) is 4.04. The SMILES string of the molecule is C=C1C[C@@H]2CCC[C@H]1C2. The zero-order chi connectivity index (χ0) is 6.27. The molecule has 2 fully saturated rings.